The van der Waals surface area contributed by atoms with Gasteiger partial charge in [0.15, 0.2) is 6.23 Å². The van der Waals surface area contributed by atoms with Gasteiger partial charge >= 0.3 is 5.97 Å². The van der Waals surface area contributed by atoms with E-state index in [4.69, 9.17) is 4.74 Å². The summed E-state index contributed by atoms with van der Waals surface area (Å²) in [6.07, 6.45) is 4.48. The fourth-order valence-electron chi connectivity index (χ4n) is 2.11. The quantitative estimate of drug-likeness (QED) is 0.779. The Kier molecular flexibility index (Phi) is 4.34. The molecule has 100 valence electrons. The number of amides is 1. The number of rotatable bonds is 4. The molecule has 0 saturated carbocycles. The van der Waals surface area contributed by atoms with Crippen molar-refractivity contribution in [3.63, 3.8) is 0 Å². The van der Waals surface area contributed by atoms with Gasteiger partial charge in [-0.2, -0.15) is 0 Å². The molecule has 1 aliphatic heterocycles. The first kappa shape index (κ1) is 13.3. The zero-order valence-electron chi connectivity index (χ0n) is 10.9. The molecule has 0 radical (unpaired) electrons. The summed E-state index contributed by atoms with van der Waals surface area (Å²) in [5.74, 6) is -0.319. The first-order valence-electron chi connectivity index (χ1n) is 6.35. The molecule has 1 unspecified atom stereocenters. The van der Waals surface area contributed by atoms with Gasteiger partial charge in [-0.3, -0.25) is 9.59 Å². The SMILES string of the molecule is CC(=O)OC1CCC(=O)N1C/C=C/c1ccccc1. The molecule has 2 rings (SSSR count). The van der Waals surface area contributed by atoms with Crippen LogP contribution in [0.2, 0.25) is 0 Å². The van der Waals surface area contributed by atoms with E-state index in [2.05, 4.69) is 0 Å². The maximum absolute atomic E-state index is 11.7. The molecular formula is C15H17NO3. The van der Waals surface area contributed by atoms with Crippen molar-refractivity contribution >= 4 is 18.0 Å². The second-order valence-corrected chi connectivity index (χ2v) is 4.46. The molecule has 0 spiro atoms. The molecule has 0 aliphatic carbocycles. The van der Waals surface area contributed by atoms with E-state index >= 15 is 0 Å². The van der Waals surface area contributed by atoms with E-state index in [1.165, 1.54) is 6.92 Å². The molecular weight excluding hydrogens is 242 g/mol. The molecule has 1 saturated heterocycles. The smallest absolute Gasteiger partial charge is 0.304 e. The second-order valence-electron chi connectivity index (χ2n) is 4.46. The number of hydrogen-bond donors (Lipinski definition) is 0. The average molecular weight is 259 g/mol. The highest BCUT2D eigenvalue weighted by Crippen LogP contribution is 2.19. The minimum absolute atomic E-state index is 0.0314. The summed E-state index contributed by atoms with van der Waals surface area (Å²) in [5.41, 5.74) is 1.08. The number of carbonyl (C=O) groups is 2. The molecule has 1 aromatic rings. The Morgan fingerprint density at radius 3 is 2.84 bits per heavy atom. The molecule has 1 heterocycles. The molecule has 1 amide bonds. The highest BCUT2D eigenvalue weighted by molar-refractivity contribution is 5.79. The Labute approximate surface area is 112 Å². The Morgan fingerprint density at radius 1 is 1.42 bits per heavy atom. The van der Waals surface area contributed by atoms with Crippen LogP contribution in [0.15, 0.2) is 36.4 Å². The van der Waals surface area contributed by atoms with E-state index in [1.807, 2.05) is 42.5 Å². The molecule has 0 bridgehead atoms. The number of likely N-dealkylation sites (tertiary alicyclic amines) is 1. The largest absolute Gasteiger partial charge is 0.442 e. The molecule has 0 N–H and O–H groups in total. The van der Waals surface area contributed by atoms with Crippen LogP contribution < -0.4 is 0 Å². The molecule has 1 atom stereocenters. The number of hydrogen-bond acceptors (Lipinski definition) is 3. The Balaban J connectivity index is 1.95. The van der Waals surface area contributed by atoms with Gasteiger partial charge in [0.05, 0.1) is 0 Å². The third-order valence-corrected chi connectivity index (χ3v) is 2.99. The number of benzene rings is 1. The fourth-order valence-corrected chi connectivity index (χ4v) is 2.11. The van der Waals surface area contributed by atoms with Crippen LogP contribution in [0, 0.1) is 0 Å². The van der Waals surface area contributed by atoms with E-state index in [-0.39, 0.29) is 11.9 Å². The third-order valence-electron chi connectivity index (χ3n) is 2.99. The van der Waals surface area contributed by atoms with Crippen molar-refractivity contribution in [2.45, 2.75) is 26.0 Å². The lowest BCUT2D eigenvalue weighted by Gasteiger charge is -2.22. The van der Waals surface area contributed by atoms with Crippen molar-refractivity contribution in [3.05, 3.63) is 42.0 Å². The van der Waals surface area contributed by atoms with Crippen LogP contribution in [-0.2, 0) is 14.3 Å². The van der Waals surface area contributed by atoms with Gasteiger partial charge < -0.3 is 9.64 Å². The maximum Gasteiger partial charge on any atom is 0.304 e. The number of nitrogens with zero attached hydrogens (tertiary/aromatic N) is 1. The van der Waals surface area contributed by atoms with Crippen molar-refractivity contribution in [2.24, 2.45) is 0 Å². The van der Waals surface area contributed by atoms with Gasteiger partial charge in [-0.05, 0) is 5.56 Å². The number of esters is 1. The molecule has 4 nitrogen and oxygen atoms in total. The first-order chi connectivity index (χ1) is 9.16. The molecule has 4 heteroatoms. The topological polar surface area (TPSA) is 46.6 Å². The van der Waals surface area contributed by atoms with Crippen molar-refractivity contribution in [3.8, 4) is 0 Å². The number of ether oxygens (including phenoxy) is 1. The molecule has 1 aromatic carbocycles. The standard InChI is InChI=1S/C15H17NO3/c1-12(17)19-15-10-9-14(18)16(15)11-5-8-13-6-3-2-4-7-13/h2-8,15H,9-11H2,1H3/b8-5+. The van der Waals surface area contributed by atoms with Crippen LogP contribution in [0.5, 0.6) is 0 Å². The molecule has 1 aliphatic rings. The predicted octanol–water partition coefficient (Wildman–Crippen LogP) is 2.21. The summed E-state index contributed by atoms with van der Waals surface area (Å²) in [5, 5.41) is 0. The minimum Gasteiger partial charge on any atom is -0.442 e. The van der Waals surface area contributed by atoms with E-state index in [0.717, 1.165) is 5.56 Å². The zero-order chi connectivity index (χ0) is 13.7. The Bertz CT molecular complexity index is 481. The van der Waals surface area contributed by atoms with E-state index in [0.29, 0.717) is 19.4 Å². The van der Waals surface area contributed by atoms with E-state index in [9.17, 15) is 9.59 Å². The summed E-state index contributed by atoms with van der Waals surface area (Å²) < 4.78 is 5.13. The highest BCUT2D eigenvalue weighted by atomic mass is 16.6. The fraction of sp³-hybridized carbons (Fsp3) is 0.333. The summed E-state index contributed by atoms with van der Waals surface area (Å²) in [7, 11) is 0. The van der Waals surface area contributed by atoms with Crippen LogP contribution in [-0.4, -0.2) is 29.5 Å². The lowest BCUT2D eigenvalue weighted by Crippen LogP contribution is -2.35. The molecule has 0 aromatic heterocycles. The minimum atomic E-state index is -0.412. The monoisotopic (exact) mass is 259 g/mol. The third kappa shape index (κ3) is 3.68. The van der Waals surface area contributed by atoms with Gasteiger partial charge in [-0.15, -0.1) is 0 Å². The normalized spacial score (nSPS) is 19.1. The van der Waals surface area contributed by atoms with Gasteiger partial charge in [0.25, 0.3) is 0 Å². The van der Waals surface area contributed by atoms with Crippen molar-refractivity contribution < 1.29 is 14.3 Å². The average Bonchev–Trinajstić information content (AvgIpc) is 2.72. The lowest BCUT2D eigenvalue weighted by molar-refractivity contribution is -0.156. The van der Waals surface area contributed by atoms with Crippen LogP contribution in [0.1, 0.15) is 25.3 Å². The van der Waals surface area contributed by atoms with Crippen LogP contribution in [0.25, 0.3) is 6.08 Å². The zero-order valence-corrected chi connectivity index (χ0v) is 10.9. The van der Waals surface area contributed by atoms with Crippen molar-refractivity contribution in [1.29, 1.82) is 0 Å². The van der Waals surface area contributed by atoms with Gasteiger partial charge in [-0.1, -0.05) is 42.5 Å². The highest BCUT2D eigenvalue weighted by Gasteiger charge is 2.32. The van der Waals surface area contributed by atoms with E-state index < -0.39 is 6.23 Å². The maximum atomic E-state index is 11.7. The van der Waals surface area contributed by atoms with Gasteiger partial charge in [0.1, 0.15) is 0 Å². The van der Waals surface area contributed by atoms with Gasteiger partial charge in [0.2, 0.25) is 5.91 Å². The summed E-state index contributed by atoms with van der Waals surface area (Å²) in [6.45, 7) is 1.83. The van der Waals surface area contributed by atoms with Crippen LogP contribution in [0.3, 0.4) is 0 Å². The Hall–Kier alpha value is -2.10. The lowest BCUT2D eigenvalue weighted by atomic mass is 10.2. The number of carbonyl (C=O) groups excluding carboxylic acids is 2. The van der Waals surface area contributed by atoms with Gasteiger partial charge in [-0.25, -0.2) is 0 Å². The van der Waals surface area contributed by atoms with E-state index in [1.54, 1.807) is 4.90 Å². The van der Waals surface area contributed by atoms with Crippen LogP contribution >= 0.6 is 0 Å². The van der Waals surface area contributed by atoms with Crippen molar-refractivity contribution in [2.75, 3.05) is 6.54 Å². The summed E-state index contributed by atoms with van der Waals surface area (Å²) in [6, 6.07) is 9.86. The molecule has 19 heavy (non-hydrogen) atoms. The summed E-state index contributed by atoms with van der Waals surface area (Å²) in [4.78, 5) is 24.3. The Morgan fingerprint density at radius 2 is 2.16 bits per heavy atom. The van der Waals surface area contributed by atoms with Crippen molar-refractivity contribution in [1.82, 2.24) is 4.90 Å². The summed E-state index contributed by atoms with van der Waals surface area (Å²) >= 11 is 0. The first-order valence-corrected chi connectivity index (χ1v) is 6.35. The predicted molar refractivity (Wildman–Crippen MR) is 72.0 cm³/mol. The molecule has 1 fully saturated rings. The van der Waals surface area contributed by atoms with Crippen LogP contribution in [0.4, 0.5) is 0 Å². The van der Waals surface area contributed by atoms with Gasteiger partial charge in [0, 0.05) is 26.3 Å². The second kappa shape index (κ2) is 6.18.